The molecule has 0 spiro atoms. The SMILES string of the molecule is Nc1ccc(-n2ccc(C(F)(F)F)n2)c(C(F)(F)F)c1. The van der Waals surface area contributed by atoms with Crippen molar-refractivity contribution in [3.63, 3.8) is 0 Å². The van der Waals surface area contributed by atoms with Gasteiger partial charge in [0.2, 0.25) is 0 Å². The van der Waals surface area contributed by atoms with Gasteiger partial charge in [-0.15, -0.1) is 0 Å². The van der Waals surface area contributed by atoms with Gasteiger partial charge in [-0.25, -0.2) is 4.68 Å². The number of anilines is 1. The van der Waals surface area contributed by atoms with Crippen molar-refractivity contribution in [2.45, 2.75) is 12.4 Å². The van der Waals surface area contributed by atoms with Gasteiger partial charge < -0.3 is 5.73 Å². The van der Waals surface area contributed by atoms with Gasteiger partial charge in [0.25, 0.3) is 0 Å². The van der Waals surface area contributed by atoms with E-state index in [2.05, 4.69) is 5.10 Å². The Morgan fingerprint density at radius 3 is 2.10 bits per heavy atom. The van der Waals surface area contributed by atoms with Crippen LogP contribution in [0.25, 0.3) is 5.69 Å². The summed E-state index contributed by atoms with van der Waals surface area (Å²) in [6, 6.07) is 3.35. The second kappa shape index (κ2) is 4.43. The van der Waals surface area contributed by atoms with Crippen LogP contribution >= 0.6 is 0 Å². The monoisotopic (exact) mass is 295 g/mol. The molecule has 1 aromatic carbocycles. The highest BCUT2D eigenvalue weighted by molar-refractivity contribution is 5.52. The first kappa shape index (κ1) is 14.2. The third-order valence-corrected chi connectivity index (χ3v) is 2.45. The molecular weight excluding hydrogens is 288 g/mol. The zero-order valence-electron chi connectivity index (χ0n) is 9.63. The number of alkyl halides is 6. The van der Waals surface area contributed by atoms with E-state index in [0.717, 1.165) is 18.3 Å². The topological polar surface area (TPSA) is 43.8 Å². The first-order valence-electron chi connectivity index (χ1n) is 5.19. The van der Waals surface area contributed by atoms with E-state index >= 15 is 0 Å². The van der Waals surface area contributed by atoms with E-state index in [-0.39, 0.29) is 5.69 Å². The molecule has 0 aliphatic heterocycles. The minimum atomic E-state index is -4.75. The molecule has 0 radical (unpaired) electrons. The minimum Gasteiger partial charge on any atom is -0.399 e. The maximum absolute atomic E-state index is 12.8. The Morgan fingerprint density at radius 2 is 1.60 bits per heavy atom. The Balaban J connectivity index is 2.56. The van der Waals surface area contributed by atoms with Gasteiger partial charge in [0, 0.05) is 11.9 Å². The lowest BCUT2D eigenvalue weighted by atomic mass is 10.1. The van der Waals surface area contributed by atoms with Gasteiger partial charge in [-0.3, -0.25) is 0 Å². The number of benzene rings is 1. The molecule has 2 N–H and O–H groups in total. The highest BCUT2D eigenvalue weighted by Gasteiger charge is 2.36. The molecular formula is C11H7F6N3. The molecule has 0 saturated carbocycles. The van der Waals surface area contributed by atoms with Crippen LogP contribution in [0.2, 0.25) is 0 Å². The Kier molecular flexibility index (Phi) is 3.15. The summed E-state index contributed by atoms with van der Waals surface area (Å²) >= 11 is 0. The molecule has 1 heterocycles. The number of nitrogens with two attached hydrogens (primary N) is 1. The smallest absolute Gasteiger partial charge is 0.399 e. The molecule has 0 fully saturated rings. The van der Waals surface area contributed by atoms with E-state index in [1.807, 2.05) is 0 Å². The summed E-state index contributed by atoms with van der Waals surface area (Å²) in [5.74, 6) is 0. The second-order valence-corrected chi connectivity index (χ2v) is 3.92. The third-order valence-electron chi connectivity index (χ3n) is 2.45. The van der Waals surface area contributed by atoms with Crippen molar-refractivity contribution in [2.24, 2.45) is 0 Å². The molecule has 20 heavy (non-hydrogen) atoms. The van der Waals surface area contributed by atoms with Crippen molar-refractivity contribution in [3.8, 4) is 5.69 Å². The van der Waals surface area contributed by atoms with Gasteiger partial charge in [-0.2, -0.15) is 31.4 Å². The highest BCUT2D eigenvalue weighted by atomic mass is 19.4. The summed E-state index contributed by atoms with van der Waals surface area (Å²) in [7, 11) is 0. The predicted octanol–water partition coefficient (Wildman–Crippen LogP) is 3.49. The zero-order chi connectivity index (χ0) is 15.1. The number of hydrogen-bond donors (Lipinski definition) is 1. The number of nitrogens with zero attached hydrogens (tertiary/aromatic N) is 2. The van der Waals surface area contributed by atoms with Crippen molar-refractivity contribution in [2.75, 3.05) is 5.73 Å². The van der Waals surface area contributed by atoms with Gasteiger partial charge >= 0.3 is 12.4 Å². The van der Waals surface area contributed by atoms with E-state index in [1.165, 1.54) is 0 Å². The van der Waals surface area contributed by atoms with Crippen molar-refractivity contribution >= 4 is 5.69 Å². The molecule has 3 nitrogen and oxygen atoms in total. The number of hydrogen-bond acceptors (Lipinski definition) is 2. The molecule has 0 atom stereocenters. The fourth-order valence-electron chi connectivity index (χ4n) is 1.59. The van der Waals surface area contributed by atoms with E-state index in [9.17, 15) is 26.3 Å². The summed E-state index contributed by atoms with van der Waals surface area (Å²) < 4.78 is 76.2. The van der Waals surface area contributed by atoms with Gasteiger partial charge in [-0.05, 0) is 24.3 Å². The second-order valence-electron chi connectivity index (χ2n) is 3.92. The van der Waals surface area contributed by atoms with E-state index in [1.54, 1.807) is 0 Å². The Bertz CT molecular complexity index is 626. The van der Waals surface area contributed by atoms with Crippen LogP contribution in [0.4, 0.5) is 32.0 Å². The molecule has 9 heteroatoms. The predicted molar refractivity (Wildman–Crippen MR) is 58.0 cm³/mol. The summed E-state index contributed by atoms with van der Waals surface area (Å²) in [5.41, 5.74) is 2.16. The van der Waals surface area contributed by atoms with Crippen molar-refractivity contribution in [1.29, 1.82) is 0 Å². The van der Waals surface area contributed by atoms with Gasteiger partial charge in [0.15, 0.2) is 5.69 Å². The average Bonchev–Trinajstić information content (AvgIpc) is 2.76. The molecule has 0 bridgehead atoms. The lowest BCUT2D eigenvalue weighted by Crippen LogP contribution is -2.13. The van der Waals surface area contributed by atoms with Crippen LogP contribution in [0.3, 0.4) is 0 Å². The van der Waals surface area contributed by atoms with Crippen LogP contribution in [0.15, 0.2) is 30.5 Å². The number of nitrogen functional groups attached to an aromatic ring is 1. The number of rotatable bonds is 1. The van der Waals surface area contributed by atoms with Crippen molar-refractivity contribution < 1.29 is 26.3 Å². The quantitative estimate of drug-likeness (QED) is 0.646. The summed E-state index contributed by atoms with van der Waals surface area (Å²) in [6.45, 7) is 0. The number of halogens is 6. The molecule has 0 aliphatic rings. The summed E-state index contributed by atoms with van der Waals surface area (Å²) in [5, 5.41) is 3.11. The molecule has 2 rings (SSSR count). The molecule has 0 unspecified atom stereocenters. The molecule has 2 aromatic rings. The number of aromatic nitrogens is 2. The first-order chi connectivity index (χ1) is 9.09. The molecule has 108 valence electrons. The van der Waals surface area contributed by atoms with Gasteiger partial charge in [0.05, 0.1) is 11.3 Å². The Hall–Kier alpha value is -2.19. The lowest BCUT2D eigenvalue weighted by Gasteiger charge is -2.13. The normalized spacial score (nSPS) is 12.7. The zero-order valence-corrected chi connectivity index (χ0v) is 9.63. The first-order valence-corrected chi connectivity index (χ1v) is 5.19. The van der Waals surface area contributed by atoms with Crippen LogP contribution in [0.1, 0.15) is 11.3 Å². The third kappa shape index (κ3) is 2.70. The van der Waals surface area contributed by atoms with E-state index < -0.39 is 29.3 Å². The maximum atomic E-state index is 12.8. The van der Waals surface area contributed by atoms with Crippen LogP contribution in [0.5, 0.6) is 0 Å². The van der Waals surface area contributed by atoms with E-state index in [4.69, 9.17) is 5.73 Å². The fraction of sp³-hybridized carbons (Fsp3) is 0.182. The summed E-state index contributed by atoms with van der Waals surface area (Å²) in [4.78, 5) is 0. The van der Waals surface area contributed by atoms with Gasteiger partial charge in [-0.1, -0.05) is 0 Å². The van der Waals surface area contributed by atoms with Crippen molar-refractivity contribution in [3.05, 3.63) is 41.7 Å². The highest BCUT2D eigenvalue weighted by Crippen LogP contribution is 2.35. The van der Waals surface area contributed by atoms with Crippen LogP contribution < -0.4 is 5.73 Å². The maximum Gasteiger partial charge on any atom is 0.435 e. The lowest BCUT2D eigenvalue weighted by molar-refractivity contribution is -0.141. The standard InChI is InChI=1S/C11H7F6N3/c12-10(13,14)7-5-6(18)1-2-8(7)20-4-3-9(19-20)11(15,16)17/h1-5H,18H2. The van der Waals surface area contributed by atoms with E-state index in [0.29, 0.717) is 16.8 Å². The largest absolute Gasteiger partial charge is 0.435 e. The van der Waals surface area contributed by atoms with Crippen LogP contribution in [-0.2, 0) is 12.4 Å². The van der Waals surface area contributed by atoms with Crippen LogP contribution in [0, 0.1) is 0 Å². The van der Waals surface area contributed by atoms with Crippen molar-refractivity contribution in [1.82, 2.24) is 9.78 Å². The minimum absolute atomic E-state index is 0.149. The average molecular weight is 295 g/mol. The summed E-state index contributed by atoms with van der Waals surface area (Å²) in [6.07, 6.45) is -8.67. The van der Waals surface area contributed by atoms with Crippen LogP contribution in [-0.4, -0.2) is 9.78 Å². The fourth-order valence-corrected chi connectivity index (χ4v) is 1.59. The Morgan fingerprint density at radius 1 is 0.950 bits per heavy atom. The Labute approximate surface area is 108 Å². The molecule has 0 saturated heterocycles. The molecule has 1 aromatic heterocycles. The van der Waals surface area contributed by atoms with Gasteiger partial charge in [0.1, 0.15) is 0 Å². The molecule has 0 amide bonds. The molecule has 0 aliphatic carbocycles.